The zero-order valence-electron chi connectivity index (χ0n) is 10.1. The van der Waals surface area contributed by atoms with Crippen molar-refractivity contribution in [3.05, 3.63) is 16.1 Å². The van der Waals surface area contributed by atoms with Crippen LogP contribution >= 0.6 is 11.3 Å². The van der Waals surface area contributed by atoms with Gasteiger partial charge in [0.2, 0.25) is 0 Å². The summed E-state index contributed by atoms with van der Waals surface area (Å²) in [6.45, 7) is 5.52. The van der Waals surface area contributed by atoms with Gasteiger partial charge in [0.15, 0.2) is 0 Å². The molecule has 1 heterocycles. The summed E-state index contributed by atoms with van der Waals surface area (Å²) in [5, 5.41) is 11.5. The van der Waals surface area contributed by atoms with Gasteiger partial charge in [-0.2, -0.15) is 0 Å². The maximum absolute atomic E-state index is 11.9. The lowest BCUT2D eigenvalue weighted by atomic mass is 10.0. The highest BCUT2D eigenvalue weighted by Crippen LogP contribution is 2.14. The van der Waals surface area contributed by atoms with Crippen molar-refractivity contribution >= 4 is 23.2 Å². The van der Waals surface area contributed by atoms with Crippen LogP contribution in [-0.2, 0) is 4.79 Å². The Hall–Kier alpha value is -1.43. The number of carboxylic acids is 1. The van der Waals surface area contributed by atoms with Crippen molar-refractivity contribution in [1.82, 2.24) is 10.3 Å². The molecule has 2 N–H and O–H groups in total. The average molecular weight is 256 g/mol. The van der Waals surface area contributed by atoms with E-state index in [1.54, 1.807) is 12.4 Å². The van der Waals surface area contributed by atoms with Crippen LogP contribution in [0.3, 0.4) is 0 Å². The van der Waals surface area contributed by atoms with Gasteiger partial charge < -0.3 is 10.4 Å². The first-order chi connectivity index (χ1) is 7.91. The monoisotopic (exact) mass is 256 g/mol. The number of carbonyl (C=O) groups excluding carboxylic acids is 1. The largest absolute Gasteiger partial charge is 0.481 e. The van der Waals surface area contributed by atoms with Gasteiger partial charge in [0.1, 0.15) is 4.88 Å². The predicted molar refractivity (Wildman–Crippen MR) is 65.2 cm³/mol. The van der Waals surface area contributed by atoms with Gasteiger partial charge in [-0.3, -0.25) is 9.59 Å². The number of aliphatic carboxylic acids is 1. The number of aromatic nitrogens is 1. The molecule has 0 aromatic carbocycles. The number of rotatable bonds is 5. The van der Waals surface area contributed by atoms with Crippen LogP contribution in [0.25, 0.3) is 0 Å². The summed E-state index contributed by atoms with van der Waals surface area (Å²) in [4.78, 5) is 27.1. The quantitative estimate of drug-likeness (QED) is 0.840. The lowest BCUT2D eigenvalue weighted by Crippen LogP contribution is -2.40. The van der Waals surface area contributed by atoms with Crippen LogP contribution < -0.4 is 5.32 Å². The van der Waals surface area contributed by atoms with E-state index in [-0.39, 0.29) is 24.3 Å². The minimum absolute atomic E-state index is 0.0682. The highest BCUT2D eigenvalue weighted by molar-refractivity contribution is 7.11. The van der Waals surface area contributed by atoms with E-state index >= 15 is 0 Å². The maximum atomic E-state index is 11.9. The van der Waals surface area contributed by atoms with Crippen molar-refractivity contribution in [1.29, 1.82) is 0 Å². The summed E-state index contributed by atoms with van der Waals surface area (Å²) >= 11 is 1.26. The molecule has 0 aliphatic heterocycles. The number of nitrogens with one attached hydrogen (secondary N) is 1. The fourth-order valence-electron chi connectivity index (χ4n) is 1.40. The van der Waals surface area contributed by atoms with Crippen molar-refractivity contribution in [2.45, 2.75) is 33.2 Å². The van der Waals surface area contributed by atoms with Crippen LogP contribution in [0.4, 0.5) is 0 Å². The van der Waals surface area contributed by atoms with E-state index in [4.69, 9.17) is 5.11 Å². The summed E-state index contributed by atoms with van der Waals surface area (Å²) in [6.07, 6.45) is -0.0682. The second kappa shape index (κ2) is 5.77. The number of nitrogens with zero attached hydrogens (tertiary/aromatic N) is 1. The predicted octanol–water partition coefficient (Wildman–Crippen LogP) is 1.68. The molecule has 0 aliphatic rings. The molecule has 0 aliphatic carbocycles. The smallest absolute Gasteiger partial charge is 0.305 e. The molecule has 0 fully saturated rings. The number of amides is 1. The van der Waals surface area contributed by atoms with Gasteiger partial charge in [0.05, 0.1) is 17.6 Å². The number of carboxylic acid groups (broad SMARTS) is 1. The van der Waals surface area contributed by atoms with E-state index in [2.05, 4.69) is 10.3 Å². The molecule has 0 radical (unpaired) electrons. The molecule has 0 spiro atoms. The standard InChI is InChI=1S/C11H16N2O3S/c1-6(2)8(4-9(14)15)13-11(16)10-7(3)12-5-17-10/h5-6,8H,4H2,1-3H3,(H,13,16)(H,14,15). The zero-order valence-corrected chi connectivity index (χ0v) is 10.9. The molecule has 1 unspecified atom stereocenters. The number of hydrogen-bond acceptors (Lipinski definition) is 4. The van der Waals surface area contributed by atoms with Gasteiger partial charge in [0, 0.05) is 6.04 Å². The zero-order chi connectivity index (χ0) is 13.0. The molecule has 1 aromatic heterocycles. The molecule has 6 heteroatoms. The highest BCUT2D eigenvalue weighted by Gasteiger charge is 2.21. The summed E-state index contributed by atoms with van der Waals surface area (Å²) in [6, 6.07) is -0.360. The highest BCUT2D eigenvalue weighted by atomic mass is 32.1. The van der Waals surface area contributed by atoms with Gasteiger partial charge >= 0.3 is 5.97 Å². The third-order valence-corrected chi connectivity index (χ3v) is 3.39. The number of hydrogen-bond donors (Lipinski definition) is 2. The molecule has 0 saturated carbocycles. The lowest BCUT2D eigenvalue weighted by molar-refractivity contribution is -0.137. The van der Waals surface area contributed by atoms with Gasteiger partial charge in [-0.1, -0.05) is 13.8 Å². The first-order valence-corrected chi connectivity index (χ1v) is 6.22. The average Bonchev–Trinajstić information content (AvgIpc) is 2.62. The Bertz CT molecular complexity index is 415. The number of aryl methyl sites for hydroxylation is 1. The Morgan fingerprint density at radius 2 is 2.18 bits per heavy atom. The third kappa shape index (κ3) is 3.81. The van der Waals surface area contributed by atoms with Crippen molar-refractivity contribution < 1.29 is 14.7 Å². The Morgan fingerprint density at radius 3 is 2.59 bits per heavy atom. The second-order valence-corrected chi connectivity index (χ2v) is 5.04. The van der Waals surface area contributed by atoms with Crippen LogP contribution in [0.2, 0.25) is 0 Å². The van der Waals surface area contributed by atoms with E-state index in [1.165, 1.54) is 11.3 Å². The van der Waals surface area contributed by atoms with E-state index in [0.29, 0.717) is 10.6 Å². The van der Waals surface area contributed by atoms with E-state index < -0.39 is 5.97 Å². The molecule has 1 amide bonds. The van der Waals surface area contributed by atoms with Gasteiger partial charge in [-0.15, -0.1) is 11.3 Å². The van der Waals surface area contributed by atoms with Crippen LogP contribution in [0, 0.1) is 12.8 Å². The molecule has 1 atom stereocenters. The second-order valence-electron chi connectivity index (χ2n) is 4.19. The maximum Gasteiger partial charge on any atom is 0.305 e. The third-order valence-electron chi connectivity index (χ3n) is 2.47. The van der Waals surface area contributed by atoms with Gasteiger partial charge in [-0.05, 0) is 12.8 Å². The summed E-state index contributed by atoms with van der Waals surface area (Å²) in [5.41, 5.74) is 2.27. The van der Waals surface area contributed by atoms with Crippen molar-refractivity contribution in [3.8, 4) is 0 Å². The van der Waals surface area contributed by atoms with Crippen molar-refractivity contribution in [3.63, 3.8) is 0 Å². The lowest BCUT2D eigenvalue weighted by Gasteiger charge is -2.20. The number of carbonyl (C=O) groups is 2. The Kier molecular flexibility index (Phi) is 4.62. The topological polar surface area (TPSA) is 79.3 Å². The van der Waals surface area contributed by atoms with Gasteiger partial charge in [-0.25, -0.2) is 4.98 Å². The van der Waals surface area contributed by atoms with E-state index in [0.717, 1.165) is 0 Å². The molecule has 0 saturated heterocycles. The fraction of sp³-hybridized carbons (Fsp3) is 0.545. The Labute approximate surface area is 104 Å². The molecular weight excluding hydrogens is 240 g/mol. The molecular formula is C11H16N2O3S. The molecule has 5 nitrogen and oxygen atoms in total. The van der Waals surface area contributed by atoms with Crippen LogP contribution in [-0.4, -0.2) is 28.0 Å². The number of thiazole rings is 1. The van der Waals surface area contributed by atoms with E-state index in [9.17, 15) is 9.59 Å². The molecule has 0 bridgehead atoms. The molecule has 17 heavy (non-hydrogen) atoms. The SMILES string of the molecule is Cc1ncsc1C(=O)NC(CC(=O)O)C(C)C. The van der Waals surface area contributed by atoms with Crippen molar-refractivity contribution in [2.24, 2.45) is 5.92 Å². The first-order valence-electron chi connectivity index (χ1n) is 5.34. The molecule has 1 aromatic rings. The molecule has 1 rings (SSSR count). The van der Waals surface area contributed by atoms with Crippen LogP contribution in [0.5, 0.6) is 0 Å². The first kappa shape index (κ1) is 13.6. The normalized spacial score (nSPS) is 12.5. The van der Waals surface area contributed by atoms with Gasteiger partial charge in [0.25, 0.3) is 5.91 Å². The van der Waals surface area contributed by atoms with Crippen LogP contribution in [0.15, 0.2) is 5.51 Å². The van der Waals surface area contributed by atoms with Crippen LogP contribution in [0.1, 0.15) is 35.6 Å². The minimum atomic E-state index is -0.912. The Balaban J connectivity index is 2.71. The van der Waals surface area contributed by atoms with E-state index in [1.807, 2.05) is 13.8 Å². The molecule has 94 valence electrons. The Morgan fingerprint density at radius 1 is 1.53 bits per heavy atom. The fourth-order valence-corrected chi connectivity index (χ4v) is 2.10. The summed E-state index contributed by atoms with van der Waals surface area (Å²) < 4.78 is 0. The minimum Gasteiger partial charge on any atom is -0.481 e. The summed E-state index contributed by atoms with van der Waals surface area (Å²) in [5.74, 6) is -1.08. The van der Waals surface area contributed by atoms with Crippen molar-refractivity contribution in [2.75, 3.05) is 0 Å². The summed E-state index contributed by atoms with van der Waals surface area (Å²) in [7, 11) is 0.